The molecule has 0 radical (unpaired) electrons. The summed E-state index contributed by atoms with van der Waals surface area (Å²) in [6.45, 7) is 9.96. The van der Waals surface area contributed by atoms with Crippen LogP contribution in [0.3, 0.4) is 0 Å². The Bertz CT molecular complexity index is 431. The molecule has 1 aromatic heterocycles. The van der Waals surface area contributed by atoms with Gasteiger partial charge >= 0.3 is 0 Å². The Morgan fingerprint density at radius 3 is 2.85 bits per heavy atom. The molecule has 3 unspecified atom stereocenters. The molecule has 0 bridgehead atoms. The molecule has 1 aromatic rings. The van der Waals surface area contributed by atoms with Crippen molar-refractivity contribution in [3.63, 3.8) is 0 Å². The van der Waals surface area contributed by atoms with Crippen molar-refractivity contribution in [2.45, 2.75) is 65.5 Å². The molecule has 1 fully saturated rings. The Balaban J connectivity index is 2.07. The lowest BCUT2D eigenvalue weighted by Crippen LogP contribution is -2.45. The van der Waals surface area contributed by atoms with Crippen molar-refractivity contribution >= 4 is 0 Å². The number of hydrogen-bond acceptors (Lipinski definition) is 5. The average molecular weight is 281 g/mol. The van der Waals surface area contributed by atoms with Gasteiger partial charge < -0.3 is 15.0 Å². The molecule has 114 valence electrons. The third-order valence-corrected chi connectivity index (χ3v) is 4.86. The van der Waals surface area contributed by atoms with Crippen molar-refractivity contribution in [3.05, 3.63) is 11.7 Å². The van der Waals surface area contributed by atoms with Gasteiger partial charge in [0, 0.05) is 18.6 Å². The van der Waals surface area contributed by atoms with Crippen molar-refractivity contribution in [2.24, 2.45) is 17.1 Å². The van der Waals surface area contributed by atoms with Gasteiger partial charge in [0.15, 0.2) is 5.82 Å². The molecule has 20 heavy (non-hydrogen) atoms. The molecule has 0 aliphatic heterocycles. The van der Waals surface area contributed by atoms with E-state index in [9.17, 15) is 0 Å². The quantitative estimate of drug-likeness (QED) is 0.840. The molecule has 2 rings (SSSR count). The van der Waals surface area contributed by atoms with E-state index in [2.05, 4.69) is 37.8 Å². The van der Waals surface area contributed by atoms with E-state index < -0.39 is 0 Å². The number of aromatic nitrogens is 2. The van der Waals surface area contributed by atoms with Crippen molar-refractivity contribution in [1.29, 1.82) is 0 Å². The lowest BCUT2D eigenvalue weighted by molar-refractivity contribution is 0.0805. The van der Waals surface area contributed by atoms with Crippen molar-refractivity contribution in [2.75, 3.05) is 6.61 Å². The minimum Gasteiger partial charge on any atom is -0.373 e. The molecule has 1 saturated carbocycles. The highest BCUT2D eigenvalue weighted by molar-refractivity contribution is 5.06. The van der Waals surface area contributed by atoms with Crippen LogP contribution >= 0.6 is 0 Å². The molecule has 0 aromatic carbocycles. The molecule has 1 aliphatic rings. The van der Waals surface area contributed by atoms with Crippen molar-refractivity contribution in [3.8, 4) is 0 Å². The first-order valence-corrected chi connectivity index (χ1v) is 7.62. The van der Waals surface area contributed by atoms with Gasteiger partial charge in [0.2, 0.25) is 5.89 Å². The summed E-state index contributed by atoms with van der Waals surface area (Å²) in [7, 11) is 0. The number of ether oxygens (including phenoxy) is 1. The van der Waals surface area contributed by atoms with E-state index in [0.29, 0.717) is 18.3 Å². The van der Waals surface area contributed by atoms with Crippen LogP contribution in [0.25, 0.3) is 0 Å². The summed E-state index contributed by atoms with van der Waals surface area (Å²) >= 11 is 0. The Morgan fingerprint density at radius 1 is 1.40 bits per heavy atom. The highest BCUT2D eigenvalue weighted by Gasteiger charge is 2.44. The van der Waals surface area contributed by atoms with Gasteiger partial charge in [0.25, 0.3) is 0 Å². The second-order valence-electron chi connectivity index (χ2n) is 6.51. The summed E-state index contributed by atoms with van der Waals surface area (Å²) in [5, 5.41) is 4.03. The van der Waals surface area contributed by atoms with Gasteiger partial charge in [0.1, 0.15) is 6.61 Å². The first-order chi connectivity index (χ1) is 9.46. The maximum Gasteiger partial charge on any atom is 0.230 e. The summed E-state index contributed by atoms with van der Waals surface area (Å²) in [5.41, 5.74) is 6.27. The van der Waals surface area contributed by atoms with Crippen LogP contribution in [0.4, 0.5) is 0 Å². The van der Waals surface area contributed by atoms with Crippen LogP contribution in [-0.4, -0.2) is 22.8 Å². The molecule has 2 N–H and O–H groups in total. The largest absolute Gasteiger partial charge is 0.373 e. The zero-order valence-electron chi connectivity index (χ0n) is 13.1. The van der Waals surface area contributed by atoms with Gasteiger partial charge in [-0.05, 0) is 30.6 Å². The SMILES string of the molecule is CCCOCc1noc(C2CCC(N)C(C)C2(C)C)n1. The summed E-state index contributed by atoms with van der Waals surface area (Å²) < 4.78 is 10.9. The fourth-order valence-corrected chi connectivity index (χ4v) is 3.07. The number of rotatable bonds is 5. The molecule has 1 heterocycles. The fraction of sp³-hybridized carbons (Fsp3) is 0.867. The molecule has 0 spiro atoms. The Kier molecular flexibility index (Phi) is 4.81. The van der Waals surface area contributed by atoms with E-state index in [-0.39, 0.29) is 17.4 Å². The maximum atomic E-state index is 6.19. The molecular weight excluding hydrogens is 254 g/mol. The number of nitrogens with zero attached hydrogens (tertiary/aromatic N) is 2. The third-order valence-electron chi connectivity index (χ3n) is 4.86. The van der Waals surface area contributed by atoms with Crippen LogP contribution in [0.2, 0.25) is 0 Å². The second-order valence-corrected chi connectivity index (χ2v) is 6.51. The predicted molar refractivity (Wildman–Crippen MR) is 77.1 cm³/mol. The van der Waals surface area contributed by atoms with E-state index in [0.717, 1.165) is 31.8 Å². The standard InChI is InChI=1S/C15H27N3O2/c1-5-8-19-9-13-17-14(20-18-13)11-6-7-12(16)10(2)15(11,3)4/h10-12H,5-9,16H2,1-4H3. The van der Waals surface area contributed by atoms with Crippen LogP contribution in [0.5, 0.6) is 0 Å². The lowest BCUT2D eigenvalue weighted by atomic mass is 9.61. The van der Waals surface area contributed by atoms with Crippen LogP contribution < -0.4 is 5.73 Å². The summed E-state index contributed by atoms with van der Waals surface area (Å²) in [5.74, 6) is 2.10. The van der Waals surface area contributed by atoms with Gasteiger partial charge in [0.05, 0.1) is 0 Å². The third kappa shape index (κ3) is 3.04. The topological polar surface area (TPSA) is 74.2 Å². The van der Waals surface area contributed by atoms with Gasteiger partial charge in [-0.2, -0.15) is 4.98 Å². The van der Waals surface area contributed by atoms with Crippen LogP contribution in [-0.2, 0) is 11.3 Å². The van der Waals surface area contributed by atoms with Gasteiger partial charge in [-0.25, -0.2) is 0 Å². The van der Waals surface area contributed by atoms with Gasteiger partial charge in [-0.3, -0.25) is 0 Å². The highest BCUT2D eigenvalue weighted by Crippen LogP contribution is 2.49. The molecule has 5 heteroatoms. The monoisotopic (exact) mass is 281 g/mol. The molecule has 0 amide bonds. The first kappa shape index (κ1) is 15.4. The molecular formula is C15H27N3O2. The molecule has 0 saturated heterocycles. The average Bonchev–Trinajstić information content (AvgIpc) is 2.85. The van der Waals surface area contributed by atoms with E-state index in [4.69, 9.17) is 15.0 Å². The summed E-state index contributed by atoms with van der Waals surface area (Å²) in [4.78, 5) is 4.52. The van der Waals surface area contributed by atoms with Crippen molar-refractivity contribution in [1.82, 2.24) is 10.1 Å². The normalized spacial score (nSPS) is 29.6. The Morgan fingerprint density at radius 2 is 2.15 bits per heavy atom. The zero-order valence-corrected chi connectivity index (χ0v) is 13.1. The fourth-order valence-electron chi connectivity index (χ4n) is 3.07. The maximum absolute atomic E-state index is 6.19. The van der Waals surface area contributed by atoms with Gasteiger partial charge in [-0.15, -0.1) is 0 Å². The second kappa shape index (κ2) is 6.22. The van der Waals surface area contributed by atoms with Crippen LogP contribution in [0.1, 0.15) is 64.6 Å². The zero-order chi connectivity index (χ0) is 14.8. The Labute approximate surface area is 121 Å². The minimum absolute atomic E-state index is 0.0751. The minimum atomic E-state index is 0.0751. The van der Waals surface area contributed by atoms with Gasteiger partial charge in [-0.1, -0.05) is 32.9 Å². The number of hydrogen-bond donors (Lipinski definition) is 1. The summed E-state index contributed by atoms with van der Waals surface area (Å²) in [6.07, 6.45) is 3.02. The lowest BCUT2D eigenvalue weighted by Gasteiger charge is -2.45. The van der Waals surface area contributed by atoms with E-state index >= 15 is 0 Å². The summed E-state index contributed by atoms with van der Waals surface area (Å²) in [6, 6.07) is 0.261. The number of nitrogens with two attached hydrogens (primary N) is 1. The van der Waals surface area contributed by atoms with Crippen LogP contribution in [0, 0.1) is 11.3 Å². The van der Waals surface area contributed by atoms with E-state index in [1.54, 1.807) is 0 Å². The van der Waals surface area contributed by atoms with E-state index in [1.807, 2.05) is 0 Å². The predicted octanol–water partition coefficient (Wildman–Crippen LogP) is 2.86. The van der Waals surface area contributed by atoms with Crippen molar-refractivity contribution < 1.29 is 9.26 Å². The Hall–Kier alpha value is -0.940. The molecule has 1 aliphatic carbocycles. The molecule has 3 atom stereocenters. The smallest absolute Gasteiger partial charge is 0.230 e. The van der Waals surface area contributed by atoms with Crippen LogP contribution in [0.15, 0.2) is 4.52 Å². The molecule has 5 nitrogen and oxygen atoms in total. The highest BCUT2D eigenvalue weighted by atomic mass is 16.5. The van der Waals surface area contributed by atoms with E-state index in [1.165, 1.54) is 0 Å². The first-order valence-electron chi connectivity index (χ1n) is 7.62.